The summed E-state index contributed by atoms with van der Waals surface area (Å²) in [5.41, 5.74) is 2.69. The predicted octanol–water partition coefficient (Wildman–Crippen LogP) is 4.31. The number of hydrogen-bond donors (Lipinski definition) is 0. The first-order valence-corrected chi connectivity index (χ1v) is 10.8. The molecule has 1 aliphatic rings. The normalized spacial score (nSPS) is 15.9. The summed E-state index contributed by atoms with van der Waals surface area (Å²) in [5.74, 6) is -0.607. The molecule has 1 unspecified atom stereocenters. The Kier molecular flexibility index (Phi) is 5.54. The number of rotatable bonds is 4. The third-order valence-electron chi connectivity index (χ3n) is 5.26. The van der Waals surface area contributed by atoms with Crippen molar-refractivity contribution < 1.29 is 19.2 Å². The standard InChI is InChI=1S/C23H21ClN2O3S/c1-4-29-22(28)18-14(2)25(3)23-26(19(18)16-12-8-9-13-17(16)24)21(27)20(30-23)15-10-6-5-7-11-15/h5-13,19H,4H2,1-3H3. The fourth-order valence-electron chi connectivity index (χ4n) is 3.72. The van der Waals surface area contributed by atoms with Crippen LogP contribution in [0.1, 0.15) is 25.5 Å². The predicted molar refractivity (Wildman–Crippen MR) is 117 cm³/mol. The van der Waals surface area contributed by atoms with E-state index < -0.39 is 12.0 Å². The van der Waals surface area contributed by atoms with Crippen molar-refractivity contribution in [3.63, 3.8) is 0 Å². The van der Waals surface area contributed by atoms with E-state index in [-0.39, 0.29) is 12.5 Å². The molecule has 2 heterocycles. The smallest absolute Gasteiger partial charge is 0.342 e. The van der Waals surface area contributed by atoms with Gasteiger partial charge in [-0.3, -0.25) is 0 Å². The van der Waals surface area contributed by atoms with Crippen molar-refractivity contribution in [2.45, 2.75) is 19.9 Å². The monoisotopic (exact) mass is 440 g/mol. The van der Waals surface area contributed by atoms with Crippen LogP contribution in [0.2, 0.25) is 5.02 Å². The number of halogens is 1. The summed E-state index contributed by atoms with van der Waals surface area (Å²) < 4.78 is 7.02. The van der Waals surface area contributed by atoms with Crippen LogP contribution in [0.3, 0.4) is 0 Å². The summed E-state index contributed by atoms with van der Waals surface area (Å²) >= 11 is 7.94. The number of aromatic nitrogens is 1. The molecule has 1 aromatic heterocycles. The molecule has 1 atom stereocenters. The summed E-state index contributed by atoms with van der Waals surface area (Å²) in [6.07, 6.45) is 0. The van der Waals surface area contributed by atoms with Gasteiger partial charge < -0.3 is 9.84 Å². The van der Waals surface area contributed by atoms with E-state index >= 15 is 0 Å². The number of allylic oxidation sites excluding steroid dienone is 1. The van der Waals surface area contributed by atoms with Crippen molar-refractivity contribution in [1.82, 2.24) is 0 Å². The van der Waals surface area contributed by atoms with Crippen LogP contribution < -0.4 is 14.6 Å². The van der Waals surface area contributed by atoms with E-state index in [1.165, 1.54) is 11.3 Å². The summed E-state index contributed by atoms with van der Waals surface area (Å²) in [4.78, 5) is 15.5. The highest BCUT2D eigenvalue weighted by Crippen LogP contribution is 2.44. The highest BCUT2D eigenvalue weighted by atomic mass is 35.5. The maximum Gasteiger partial charge on any atom is 0.342 e. The first kappa shape index (κ1) is 20.4. The molecule has 2 aromatic carbocycles. The number of thiazole rings is 1. The molecule has 7 heteroatoms. The second-order valence-electron chi connectivity index (χ2n) is 6.96. The van der Waals surface area contributed by atoms with Gasteiger partial charge >= 0.3 is 11.1 Å². The van der Waals surface area contributed by atoms with E-state index in [0.717, 1.165) is 16.4 Å². The third kappa shape index (κ3) is 3.26. The van der Waals surface area contributed by atoms with Crippen LogP contribution >= 0.6 is 22.9 Å². The fraction of sp³-hybridized carbons (Fsp3) is 0.217. The van der Waals surface area contributed by atoms with Gasteiger partial charge in [-0.15, -0.1) is 0 Å². The van der Waals surface area contributed by atoms with Gasteiger partial charge in [-0.05, 0) is 36.8 Å². The molecular formula is C23H21ClN2O3S. The average Bonchev–Trinajstić information content (AvgIpc) is 3.09. The van der Waals surface area contributed by atoms with Gasteiger partial charge in [-0.2, -0.15) is 0 Å². The fourth-order valence-corrected chi connectivity index (χ4v) is 5.14. The molecule has 0 bridgehead atoms. The number of esters is 1. The van der Waals surface area contributed by atoms with Gasteiger partial charge in [0, 0.05) is 10.6 Å². The lowest BCUT2D eigenvalue weighted by Gasteiger charge is -2.30. The molecule has 0 fully saturated rings. The molecule has 0 aliphatic carbocycles. The number of anilines is 1. The molecule has 1 aliphatic heterocycles. The molecule has 3 aromatic rings. The van der Waals surface area contributed by atoms with Crippen LogP contribution in [-0.4, -0.2) is 19.6 Å². The van der Waals surface area contributed by atoms with E-state index in [0.29, 0.717) is 21.0 Å². The van der Waals surface area contributed by atoms with E-state index in [1.54, 1.807) is 17.6 Å². The molecule has 0 amide bonds. The summed E-state index contributed by atoms with van der Waals surface area (Å²) in [5, 5.41) is 14.9. The Bertz CT molecular complexity index is 1140. The second kappa shape index (κ2) is 8.13. The zero-order valence-electron chi connectivity index (χ0n) is 16.9. The lowest BCUT2D eigenvalue weighted by atomic mass is 9.94. The van der Waals surface area contributed by atoms with Crippen LogP contribution in [0.5, 0.6) is 5.88 Å². The third-order valence-corrected chi connectivity index (χ3v) is 6.87. The molecule has 0 spiro atoms. The summed E-state index contributed by atoms with van der Waals surface area (Å²) in [6.45, 7) is 3.88. The Morgan fingerprint density at radius 3 is 2.53 bits per heavy atom. The highest BCUT2D eigenvalue weighted by Gasteiger charge is 2.44. The number of carbonyl (C=O) groups excluding carboxylic acids is 1. The van der Waals surface area contributed by atoms with Gasteiger partial charge in [0.2, 0.25) is 0 Å². The zero-order chi connectivity index (χ0) is 21.4. The van der Waals surface area contributed by atoms with Crippen molar-refractivity contribution >= 4 is 34.0 Å². The minimum absolute atomic E-state index is 0.160. The van der Waals surface area contributed by atoms with Gasteiger partial charge in [0.05, 0.1) is 24.4 Å². The Hall–Kier alpha value is -2.83. The minimum Gasteiger partial charge on any atom is -0.841 e. The number of nitrogens with zero attached hydrogens (tertiary/aromatic N) is 2. The van der Waals surface area contributed by atoms with Crippen LogP contribution in [0, 0.1) is 0 Å². The van der Waals surface area contributed by atoms with E-state index in [2.05, 4.69) is 0 Å². The van der Waals surface area contributed by atoms with Crippen LogP contribution in [-0.2, 0) is 9.53 Å². The lowest BCUT2D eigenvalue weighted by molar-refractivity contribution is -0.728. The van der Waals surface area contributed by atoms with Gasteiger partial charge in [0.15, 0.2) is 6.04 Å². The SMILES string of the molecule is CCOC(=O)C1=C(C)N(C)c2sc(-c3ccccc3)c([O-])[n+]2C1c1ccccc1Cl. The van der Waals surface area contributed by atoms with Crippen molar-refractivity contribution in [1.29, 1.82) is 0 Å². The van der Waals surface area contributed by atoms with Gasteiger partial charge in [0.25, 0.3) is 0 Å². The first-order valence-electron chi connectivity index (χ1n) is 9.62. The number of ether oxygens (including phenoxy) is 1. The first-order chi connectivity index (χ1) is 14.5. The van der Waals surface area contributed by atoms with Crippen molar-refractivity contribution in [3.8, 4) is 16.3 Å². The van der Waals surface area contributed by atoms with Gasteiger partial charge in [-0.1, -0.05) is 60.1 Å². The molecule has 30 heavy (non-hydrogen) atoms. The summed E-state index contributed by atoms with van der Waals surface area (Å²) in [7, 11) is 1.86. The zero-order valence-corrected chi connectivity index (χ0v) is 18.5. The molecule has 0 N–H and O–H groups in total. The van der Waals surface area contributed by atoms with E-state index in [4.69, 9.17) is 16.3 Å². The molecule has 5 nitrogen and oxygen atoms in total. The van der Waals surface area contributed by atoms with Crippen LogP contribution in [0.4, 0.5) is 5.13 Å². The Morgan fingerprint density at radius 1 is 1.20 bits per heavy atom. The highest BCUT2D eigenvalue weighted by molar-refractivity contribution is 7.18. The molecule has 4 rings (SSSR count). The number of benzene rings is 2. The largest absolute Gasteiger partial charge is 0.841 e. The Labute approximate surface area is 184 Å². The second-order valence-corrected chi connectivity index (χ2v) is 8.34. The number of hydrogen-bond acceptors (Lipinski definition) is 5. The maximum atomic E-state index is 13.6. The van der Waals surface area contributed by atoms with Gasteiger partial charge in [0.1, 0.15) is 11.3 Å². The molecule has 0 saturated heterocycles. The topological polar surface area (TPSA) is 56.5 Å². The maximum absolute atomic E-state index is 13.6. The molecule has 0 saturated carbocycles. The summed E-state index contributed by atoms with van der Waals surface area (Å²) in [6, 6.07) is 16.2. The van der Waals surface area contributed by atoms with Crippen LogP contribution in [0.25, 0.3) is 10.4 Å². The van der Waals surface area contributed by atoms with Crippen LogP contribution in [0.15, 0.2) is 65.9 Å². The molecule has 154 valence electrons. The molecule has 0 radical (unpaired) electrons. The van der Waals surface area contributed by atoms with Crippen molar-refractivity contribution in [2.75, 3.05) is 18.6 Å². The van der Waals surface area contributed by atoms with E-state index in [9.17, 15) is 9.90 Å². The van der Waals surface area contributed by atoms with E-state index in [1.807, 2.05) is 67.4 Å². The average molecular weight is 441 g/mol. The quantitative estimate of drug-likeness (QED) is 0.448. The molecular weight excluding hydrogens is 420 g/mol. The Morgan fingerprint density at radius 2 is 1.87 bits per heavy atom. The van der Waals surface area contributed by atoms with Crippen molar-refractivity contribution in [2.24, 2.45) is 0 Å². The number of carbonyl (C=O) groups is 1. The Balaban J connectivity index is 2.00. The minimum atomic E-state index is -0.662. The van der Waals surface area contributed by atoms with Crippen molar-refractivity contribution in [3.05, 3.63) is 76.5 Å². The number of fused-ring (bicyclic) bond motifs is 1. The van der Waals surface area contributed by atoms with Gasteiger partial charge in [-0.25, -0.2) is 14.3 Å². The lowest BCUT2D eigenvalue weighted by Crippen LogP contribution is -2.51.